The first-order valence-corrected chi connectivity index (χ1v) is 11.5. The molecule has 0 saturated carbocycles. The van der Waals surface area contributed by atoms with Crippen LogP contribution in [0, 0.1) is 0 Å². The molecule has 0 radical (unpaired) electrons. The van der Waals surface area contributed by atoms with Crippen molar-refractivity contribution in [1.29, 1.82) is 0 Å². The Labute approximate surface area is 178 Å². The summed E-state index contributed by atoms with van der Waals surface area (Å²) in [5.74, 6) is -0.0465. The van der Waals surface area contributed by atoms with Crippen LogP contribution in [0.4, 0.5) is 11.4 Å². The Morgan fingerprint density at radius 1 is 0.966 bits per heavy atom. The third kappa shape index (κ3) is 4.21. The van der Waals surface area contributed by atoms with Gasteiger partial charge >= 0.3 is 0 Å². The summed E-state index contributed by atoms with van der Waals surface area (Å²) in [5.41, 5.74) is 2.91. The molecule has 0 fully saturated rings. The van der Waals surface area contributed by atoms with Crippen molar-refractivity contribution in [3.63, 3.8) is 0 Å². The summed E-state index contributed by atoms with van der Waals surface area (Å²) >= 11 is 3.31. The van der Waals surface area contributed by atoms with Crippen molar-refractivity contribution in [2.75, 3.05) is 16.2 Å². The van der Waals surface area contributed by atoms with Crippen LogP contribution in [0.5, 0.6) is 0 Å². The molecular weight excluding hydrogens is 452 g/mol. The molecule has 148 valence electrons. The largest absolute Gasteiger partial charge is 0.308 e. The fraction of sp³-hybridized carbons (Fsp3) is 0.136. The number of carbonyl (C=O) groups excluding carboxylic acids is 1. The number of fused-ring (bicyclic) bond motifs is 1. The monoisotopic (exact) mass is 470 g/mol. The molecule has 1 heterocycles. The highest BCUT2D eigenvalue weighted by Crippen LogP contribution is 2.31. The van der Waals surface area contributed by atoms with Gasteiger partial charge in [-0.15, -0.1) is 0 Å². The molecule has 0 atom stereocenters. The third-order valence-corrected chi connectivity index (χ3v) is 6.77. The SMILES string of the molecule is O=C(c1ccccc1)N1CCCc2cc(NS(=O)(=O)c3ccc(Br)cc3)ccc21. The molecule has 0 aromatic heterocycles. The molecule has 0 unspecified atom stereocenters. The van der Waals surface area contributed by atoms with Gasteiger partial charge in [-0.25, -0.2) is 8.42 Å². The van der Waals surface area contributed by atoms with Gasteiger partial charge in [-0.2, -0.15) is 0 Å². The predicted octanol–water partition coefficient (Wildman–Crippen LogP) is 4.84. The Morgan fingerprint density at radius 2 is 1.69 bits per heavy atom. The van der Waals surface area contributed by atoms with Gasteiger partial charge in [0.05, 0.1) is 4.90 Å². The van der Waals surface area contributed by atoms with Crippen LogP contribution in [-0.2, 0) is 16.4 Å². The Morgan fingerprint density at radius 3 is 2.41 bits per heavy atom. The van der Waals surface area contributed by atoms with E-state index in [2.05, 4.69) is 20.7 Å². The number of nitrogens with zero attached hydrogens (tertiary/aromatic N) is 1. The minimum absolute atomic E-state index is 0.0465. The number of hydrogen-bond donors (Lipinski definition) is 1. The summed E-state index contributed by atoms with van der Waals surface area (Å²) in [5, 5.41) is 0. The van der Waals surface area contributed by atoms with Crippen LogP contribution in [0.25, 0.3) is 0 Å². The van der Waals surface area contributed by atoms with Crippen molar-refractivity contribution < 1.29 is 13.2 Å². The molecule has 4 rings (SSSR count). The van der Waals surface area contributed by atoms with Crippen LogP contribution in [0.3, 0.4) is 0 Å². The van der Waals surface area contributed by atoms with Crippen LogP contribution >= 0.6 is 15.9 Å². The van der Waals surface area contributed by atoms with Crippen LogP contribution in [0.15, 0.2) is 82.2 Å². The first kappa shape index (κ1) is 19.7. The molecule has 1 amide bonds. The van der Waals surface area contributed by atoms with Crippen LogP contribution < -0.4 is 9.62 Å². The summed E-state index contributed by atoms with van der Waals surface area (Å²) in [4.78, 5) is 14.9. The van der Waals surface area contributed by atoms with E-state index in [-0.39, 0.29) is 10.8 Å². The summed E-state index contributed by atoms with van der Waals surface area (Å²) in [6, 6.07) is 21.0. The van der Waals surface area contributed by atoms with E-state index in [4.69, 9.17) is 0 Å². The number of nitrogens with one attached hydrogen (secondary N) is 1. The molecule has 0 aliphatic carbocycles. The van der Waals surface area contributed by atoms with Gasteiger partial charge in [0.25, 0.3) is 15.9 Å². The number of anilines is 2. The number of aryl methyl sites for hydroxylation is 1. The van der Waals surface area contributed by atoms with Crippen molar-refractivity contribution in [3.8, 4) is 0 Å². The van der Waals surface area contributed by atoms with Crippen molar-refractivity contribution >= 4 is 43.2 Å². The highest BCUT2D eigenvalue weighted by Gasteiger charge is 2.24. The molecule has 0 spiro atoms. The van der Waals surface area contributed by atoms with Gasteiger partial charge in [-0.1, -0.05) is 34.1 Å². The van der Waals surface area contributed by atoms with Gasteiger partial charge in [-0.3, -0.25) is 9.52 Å². The maximum absolute atomic E-state index is 12.9. The van der Waals surface area contributed by atoms with Crippen LogP contribution in [0.1, 0.15) is 22.3 Å². The third-order valence-electron chi connectivity index (χ3n) is 4.84. The quantitative estimate of drug-likeness (QED) is 0.592. The maximum atomic E-state index is 12.9. The van der Waals surface area contributed by atoms with E-state index < -0.39 is 10.0 Å². The lowest BCUT2D eigenvalue weighted by Gasteiger charge is -2.30. The summed E-state index contributed by atoms with van der Waals surface area (Å²) in [6.45, 7) is 0.644. The lowest BCUT2D eigenvalue weighted by Crippen LogP contribution is -2.35. The number of amides is 1. The molecule has 29 heavy (non-hydrogen) atoms. The molecule has 1 aliphatic heterocycles. The lowest BCUT2D eigenvalue weighted by molar-refractivity contribution is 0.0985. The van der Waals surface area contributed by atoms with Crippen LogP contribution in [0.2, 0.25) is 0 Å². The van der Waals surface area contributed by atoms with Gasteiger partial charge in [-0.05, 0) is 73.0 Å². The molecule has 0 bridgehead atoms. The zero-order valence-electron chi connectivity index (χ0n) is 15.5. The highest BCUT2D eigenvalue weighted by molar-refractivity contribution is 9.10. The Bertz CT molecular complexity index is 1150. The minimum atomic E-state index is -3.68. The fourth-order valence-electron chi connectivity index (χ4n) is 3.44. The Kier molecular flexibility index (Phi) is 5.43. The first-order valence-electron chi connectivity index (χ1n) is 9.22. The van der Waals surface area contributed by atoms with E-state index in [0.29, 0.717) is 17.8 Å². The second-order valence-corrected chi connectivity index (χ2v) is 9.43. The molecule has 1 N–H and O–H groups in total. The number of hydrogen-bond acceptors (Lipinski definition) is 3. The highest BCUT2D eigenvalue weighted by atomic mass is 79.9. The fourth-order valence-corrected chi connectivity index (χ4v) is 4.75. The van der Waals surface area contributed by atoms with Crippen LogP contribution in [-0.4, -0.2) is 20.9 Å². The Hall–Kier alpha value is -2.64. The second-order valence-electron chi connectivity index (χ2n) is 6.83. The summed E-state index contributed by atoms with van der Waals surface area (Å²) in [7, 11) is -3.68. The molecule has 0 saturated heterocycles. The molecular formula is C22H19BrN2O3S. The molecule has 3 aromatic carbocycles. The average molecular weight is 471 g/mol. The van der Waals surface area contributed by atoms with E-state index in [1.165, 1.54) is 0 Å². The zero-order valence-corrected chi connectivity index (χ0v) is 17.9. The smallest absolute Gasteiger partial charge is 0.261 e. The molecule has 5 nitrogen and oxygen atoms in total. The van der Waals surface area contributed by atoms with E-state index in [1.807, 2.05) is 30.3 Å². The number of halogens is 1. The summed E-state index contributed by atoms with van der Waals surface area (Å²) in [6.07, 6.45) is 1.62. The number of rotatable bonds is 4. The lowest BCUT2D eigenvalue weighted by atomic mass is 10.00. The van der Waals surface area contributed by atoms with Gasteiger partial charge in [0, 0.05) is 28.0 Å². The first-order chi connectivity index (χ1) is 13.9. The number of benzene rings is 3. The predicted molar refractivity (Wildman–Crippen MR) is 118 cm³/mol. The standard InChI is InChI=1S/C22H19BrN2O3S/c23-18-8-11-20(12-9-18)29(27,28)24-19-10-13-21-17(15-19)7-4-14-25(21)22(26)16-5-2-1-3-6-16/h1-3,5-6,8-13,15,24H,4,7,14H2. The normalized spacial score (nSPS) is 13.6. The van der Waals surface area contributed by atoms with Crippen molar-refractivity contribution in [1.82, 2.24) is 0 Å². The average Bonchev–Trinajstić information content (AvgIpc) is 2.73. The maximum Gasteiger partial charge on any atom is 0.261 e. The molecule has 3 aromatic rings. The van der Waals surface area contributed by atoms with Gasteiger partial charge in [0.1, 0.15) is 0 Å². The van der Waals surface area contributed by atoms with Crippen molar-refractivity contribution in [2.24, 2.45) is 0 Å². The van der Waals surface area contributed by atoms with Crippen molar-refractivity contribution in [3.05, 3.63) is 88.4 Å². The van der Waals surface area contributed by atoms with E-state index in [1.54, 1.807) is 47.4 Å². The number of sulfonamides is 1. The van der Waals surface area contributed by atoms with Gasteiger partial charge in [0.15, 0.2) is 0 Å². The molecule has 1 aliphatic rings. The topological polar surface area (TPSA) is 66.5 Å². The van der Waals surface area contributed by atoms with Gasteiger partial charge < -0.3 is 4.90 Å². The van der Waals surface area contributed by atoms with Crippen molar-refractivity contribution in [2.45, 2.75) is 17.7 Å². The number of carbonyl (C=O) groups is 1. The molecule has 7 heteroatoms. The van der Waals surface area contributed by atoms with E-state index in [9.17, 15) is 13.2 Å². The van der Waals surface area contributed by atoms with E-state index in [0.717, 1.165) is 28.6 Å². The minimum Gasteiger partial charge on any atom is -0.308 e. The Balaban J connectivity index is 1.60. The second kappa shape index (κ2) is 8.00. The summed E-state index contributed by atoms with van der Waals surface area (Å²) < 4.78 is 28.7. The zero-order chi connectivity index (χ0) is 20.4. The van der Waals surface area contributed by atoms with Gasteiger partial charge in [0.2, 0.25) is 0 Å². The van der Waals surface area contributed by atoms with E-state index >= 15 is 0 Å².